The summed E-state index contributed by atoms with van der Waals surface area (Å²) >= 11 is 0. The Hall–Kier alpha value is -0.650. The molecular formula is C14H29N3O2. The van der Waals surface area contributed by atoms with Crippen LogP contribution in [0, 0.1) is 0 Å². The van der Waals surface area contributed by atoms with Crippen molar-refractivity contribution in [1.29, 1.82) is 0 Å². The largest absolute Gasteiger partial charge is 0.374 e. The van der Waals surface area contributed by atoms with Crippen molar-refractivity contribution in [2.45, 2.75) is 45.3 Å². The minimum Gasteiger partial charge on any atom is -0.374 e. The van der Waals surface area contributed by atoms with E-state index in [-0.39, 0.29) is 18.1 Å². The first-order valence-electron chi connectivity index (χ1n) is 7.45. The van der Waals surface area contributed by atoms with Gasteiger partial charge in [0.25, 0.3) is 0 Å². The lowest BCUT2D eigenvalue weighted by Crippen LogP contribution is -2.50. The molecule has 2 atom stereocenters. The lowest BCUT2D eigenvalue weighted by atomic mass is 10.2. The summed E-state index contributed by atoms with van der Waals surface area (Å²) in [4.78, 5) is 14.0. The smallest absolute Gasteiger partial charge is 0.237 e. The van der Waals surface area contributed by atoms with Gasteiger partial charge in [-0.05, 0) is 20.4 Å². The van der Waals surface area contributed by atoms with E-state index in [0.29, 0.717) is 0 Å². The second-order valence-electron chi connectivity index (χ2n) is 5.31. The van der Waals surface area contributed by atoms with E-state index < -0.39 is 0 Å². The molecule has 0 spiro atoms. The van der Waals surface area contributed by atoms with Gasteiger partial charge < -0.3 is 15.4 Å². The van der Waals surface area contributed by atoms with Gasteiger partial charge in [0.15, 0.2) is 0 Å². The topological polar surface area (TPSA) is 53.6 Å². The molecule has 2 unspecified atom stereocenters. The van der Waals surface area contributed by atoms with Gasteiger partial charge >= 0.3 is 0 Å². The molecule has 0 radical (unpaired) electrons. The summed E-state index contributed by atoms with van der Waals surface area (Å²) < 4.78 is 5.66. The van der Waals surface area contributed by atoms with E-state index >= 15 is 0 Å². The number of ether oxygens (including phenoxy) is 1. The highest BCUT2D eigenvalue weighted by atomic mass is 16.5. The van der Waals surface area contributed by atoms with Gasteiger partial charge in [0.05, 0.1) is 18.8 Å². The first-order valence-corrected chi connectivity index (χ1v) is 7.45. The number of morpholine rings is 1. The maximum atomic E-state index is 12.0. The van der Waals surface area contributed by atoms with Crippen LogP contribution in [-0.2, 0) is 9.53 Å². The van der Waals surface area contributed by atoms with Crippen molar-refractivity contribution >= 4 is 5.91 Å². The van der Waals surface area contributed by atoms with E-state index in [0.717, 1.165) is 39.2 Å². The van der Waals surface area contributed by atoms with Gasteiger partial charge in [-0.1, -0.05) is 19.8 Å². The van der Waals surface area contributed by atoms with Crippen LogP contribution in [0.15, 0.2) is 0 Å². The molecule has 0 aromatic heterocycles. The third-order valence-electron chi connectivity index (χ3n) is 3.62. The Morgan fingerprint density at radius 2 is 2.32 bits per heavy atom. The number of nitrogens with zero attached hydrogens (tertiary/aromatic N) is 1. The van der Waals surface area contributed by atoms with E-state index in [4.69, 9.17) is 4.74 Å². The van der Waals surface area contributed by atoms with Crippen molar-refractivity contribution in [2.24, 2.45) is 0 Å². The quantitative estimate of drug-likeness (QED) is 0.635. The van der Waals surface area contributed by atoms with Gasteiger partial charge in [0, 0.05) is 26.2 Å². The Labute approximate surface area is 117 Å². The molecule has 1 fully saturated rings. The Morgan fingerprint density at radius 1 is 1.53 bits per heavy atom. The number of unbranched alkanes of at least 4 members (excludes halogenated alkanes) is 2. The average Bonchev–Trinajstić information content (AvgIpc) is 2.43. The van der Waals surface area contributed by atoms with Crippen molar-refractivity contribution in [1.82, 2.24) is 15.5 Å². The van der Waals surface area contributed by atoms with Gasteiger partial charge in [-0.15, -0.1) is 0 Å². The predicted molar refractivity (Wildman–Crippen MR) is 77.2 cm³/mol. The highest BCUT2D eigenvalue weighted by molar-refractivity contribution is 5.81. The van der Waals surface area contributed by atoms with Crippen molar-refractivity contribution in [3.63, 3.8) is 0 Å². The molecule has 0 aliphatic carbocycles. The molecule has 1 aliphatic heterocycles. The molecule has 0 bridgehead atoms. The third-order valence-corrected chi connectivity index (χ3v) is 3.62. The summed E-state index contributed by atoms with van der Waals surface area (Å²) in [5.74, 6) is 0.113. The first kappa shape index (κ1) is 16.4. The Balaban J connectivity index is 2.21. The van der Waals surface area contributed by atoms with E-state index in [1.54, 1.807) is 0 Å². The van der Waals surface area contributed by atoms with Gasteiger partial charge in [-0.25, -0.2) is 0 Å². The van der Waals surface area contributed by atoms with Gasteiger partial charge in [-0.2, -0.15) is 0 Å². The lowest BCUT2D eigenvalue weighted by Gasteiger charge is -2.30. The molecule has 112 valence electrons. The summed E-state index contributed by atoms with van der Waals surface area (Å²) in [6, 6.07) is -0.104. The third kappa shape index (κ3) is 6.36. The lowest BCUT2D eigenvalue weighted by molar-refractivity contribution is -0.126. The zero-order valence-electron chi connectivity index (χ0n) is 12.6. The zero-order chi connectivity index (χ0) is 14.1. The number of hydrogen-bond acceptors (Lipinski definition) is 4. The van der Waals surface area contributed by atoms with Gasteiger partial charge in [-0.3, -0.25) is 9.69 Å². The molecule has 1 amide bonds. The van der Waals surface area contributed by atoms with E-state index in [2.05, 4.69) is 22.5 Å². The number of carbonyl (C=O) groups is 1. The average molecular weight is 271 g/mol. The van der Waals surface area contributed by atoms with Crippen LogP contribution in [0.5, 0.6) is 0 Å². The van der Waals surface area contributed by atoms with Gasteiger partial charge in [0.1, 0.15) is 0 Å². The number of hydrogen-bond donors (Lipinski definition) is 2. The van der Waals surface area contributed by atoms with Crippen molar-refractivity contribution < 1.29 is 9.53 Å². The number of nitrogens with one attached hydrogen (secondary N) is 2. The molecule has 1 rings (SSSR count). The summed E-state index contributed by atoms with van der Waals surface area (Å²) in [6.45, 7) is 8.24. The monoisotopic (exact) mass is 271 g/mol. The Bertz CT molecular complexity index is 255. The van der Waals surface area contributed by atoms with Crippen molar-refractivity contribution in [3.8, 4) is 0 Å². The predicted octanol–water partition coefficient (Wildman–Crippen LogP) is 0.602. The molecule has 1 aliphatic rings. The van der Waals surface area contributed by atoms with Crippen molar-refractivity contribution in [3.05, 3.63) is 0 Å². The maximum absolute atomic E-state index is 12.0. The van der Waals surface area contributed by atoms with E-state index in [1.165, 1.54) is 12.8 Å². The summed E-state index contributed by atoms with van der Waals surface area (Å²) in [5.41, 5.74) is 0. The second-order valence-corrected chi connectivity index (χ2v) is 5.31. The minimum atomic E-state index is -0.104. The van der Waals surface area contributed by atoms with Gasteiger partial charge in [0.2, 0.25) is 5.91 Å². The summed E-state index contributed by atoms with van der Waals surface area (Å²) in [5, 5.41) is 6.30. The van der Waals surface area contributed by atoms with Crippen molar-refractivity contribution in [2.75, 3.05) is 39.8 Å². The first-order chi connectivity index (χ1) is 9.15. The van der Waals surface area contributed by atoms with Crippen LogP contribution in [0.25, 0.3) is 0 Å². The van der Waals surface area contributed by atoms with Crippen LogP contribution in [0.4, 0.5) is 0 Å². The summed E-state index contributed by atoms with van der Waals surface area (Å²) in [7, 11) is 1.98. The van der Waals surface area contributed by atoms with Crippen LogP contribution in [0.1, 0.15) is 33.1 Å². The summed E-state index contributed by atoms with van der Waals surface area (Å²) in [6.07, 6.45) is 3.60. The Kier molecular flexibility index (Phi) is 8.02. The van der Waals surface area contributed by atoms with Crippen LogP contribution in [0.2, 0.25) is 0 Å². The standard InChI is InChI=1S/C14H29N3O2/c1-4-5-6-7-16-14(18)12(2)17(3)11-13-10-15-8-9-19-13/h12-13,15H,4-11H2,1-3H3,(H,16,18). The van der Waals surface area contributed by atoms with Crippen LogP contribution < -0.4 is 10.6 Å². The number of rotatable bonds is 8. The number of likely N-dealkylation sites (N-methyl/N-ethyl adjacent to an activating group) is 1. The maximum Gasteiger partial charge on any atom is 0.237 e. The van der Waals surface area contributed by atoms with E-state index in [1.807, 2.05) is 14.0 Å². The normalized spacial score (nSPS) is 21.4. The van der Waals surface area contributed by atoms with Crippen LogP contribution in [-0.4, -0.2) is 62.8 Å². The Morgan fingerprint density at radius 3 is 2.95 bits per heavy atom. The van der Waals surface area contributed by atoms with Crippen LogP contribution in [0.3, 0.4) is 0 Å². The molecule has 1 saturated heterocycles. The zero-order valence-corrected chi connectivity index (χ0v) is 12.6. The fourth-order valence-electron chi connectivity index (χ4n) is 2.15. The molecule has 1 heterocycles. The number of carbonyl (C=O) groups excluding carboxylic acids is 1. The molecular weight excluding hydrogens is 242 g/mol. The molecule has 0 saturated carbocycles. The fraction of sp³-hybridized carbons (Fsp3) is 0.929. The minimum absolute atomic E-state index is 0.104. The molecule has 0 aromatic rings. The van der Waals surface area contributed by atoms with E-state index in [9.17, 15) is 4.79 Å². The number of amides is 1. The molecule has 5 heteroatoms. The molecule has 5 nitrogen and oxygen atoms in total. The highest BCUT2D eigenvalue weighted by Crippen LogP contribution is 2.03. The fourth-order valence-corrected chi connectivity index (χ4v) is 2.15. The molecule has 19 heavy (non-hydrogen) atoms. The molecule has 0 aromatic carbocycles. The second kappa shape index (κ2) is 9.28. The highest BCUT2D eigenvalue weighted by Gasteiger charge is 2.22. The van der Waals surface area contributed by atoms with Crippen LogP contribution >= 0.6 is 0 Å². The molecule has 2 N–H and O–H groups in total. The SMILES string of the molecule is CCCCCNC(=O)C(C)N(C)CC1CNCCO1.